The Bertz CT molecular complexity index is 604. The minimum absolute atomic E-state index is 0.0233. The fourth-order valence-electron chi connectivity index (χ4n) is 3.15. The number of hydrogen-bond acceptors (Lipinski definition) is 3. The Morgan fingerprint density at radius 1 is 1.32 bits per heavy atom. The van der Waals surface area contributed by atoms with Crippen LogP contribution in [-0.2, 0) is 16.1 Å². The van der Waals surface area contributed by atoms with E-state index >= 15 is 0 Å². The van der Waals surface area contributed by atoms with E-state index in [1.807, 2.05) is 52.0 Å². The topological polar surface area (TPSA) is 69.6 Å². The number of aliphatic hydroxyl groups excluding tert-OH is 1. The van der Waals surface area contributed by atoms with Crippen LogP contribution < -0.4 is 5.32 Å². The van der Waals surface area contributed by atoms with Gasteiger partial charge in [0, 0.05) is 32.2 Å². The first-order valence-electron chi connectivity index (χ1n) is 8.95. The lowest BCUT2D eigenvalue weighted by atomic mass is 9.84. The maximum atomic E-state index is 12.6. The summed E-state index contributed by atoms with van der Waals surface area (Å²) in [6, 6.07) is 8.00. The maximum Gasteiger partial charge on any atom is 0.225 e. The van der Waals surface area contributed by atoms with Crippen molar-refractivity contribution in [1.82, 2.24) is 10.2 Å². The summed E-state index contributed by atoms with van der Waals surface area (Å²) in [6.45, 7) is 9.18. The Morgan fingerprint density at radius 3 is 2.52 bits per heavy atom. The van der Waals surface area contributed by atoms with Crippen molar-refractivity contribution in [2.24, 2.45) is 11.3 Å². The summed E-state index contributed by atoms with van der Waals surface area (Å²) in [6.07, 6.45) is 0.774. The van der Waals surface area contributed by atoms with E-state index < -0.39 is 0 Å². The lowest BCUT2D eigenvalue weighted by Crippen LogP contribution is -2.47. The molecule has 1 aliphatic heterocycles. The molecular formula is C20H30N2O3. The van der Waals surface area contributed by atoms with E-state index in [1.165, 1.54) is 5.56 Å². The van der Waals surface area contributed by atoms with E-state index in [2.05, 4.69) is 5.32 Å². The number of nitrogens with one attached hydrogen (secondary N) is 1. The molecular weight excluding hydrogens is 316 g/mol. The van der Waals surface area contributed by atoms with Crippen molar-refractivity contribution < 1.29 is 14.7 Å². The molecule has 0 radical (unpaired) electrons. The predicted octanol–water partition coefficient (Wildman–Crippen LogP) is 2.26. The number of likely N-dealkylation sites (tertiary alicyclic amines) is 1. The Morgan fingerprint density at radius 2 is 1.96 bits per heavy atom. The number of rotatable bonds is 6. The number of aryl methyl sites for hydroxylation is 1. The van der Waals surface area contributed by atoms with Gasteiger partial charge in [-0.1, -0.05) is 50.6 Å². The normalized spacial score (nSPS) is 19.2. The molecule has 2 rings (SSSR count). The van der Waals surface area contributed by atoms with Gasteiger partial charge in [-0.05, 0) is 24.3 Å². The van der Waals surface area contributed by atoms with E-state index in [4.69, 9.17) is 0 Å². The zero-order valence-electron chi connectivity index (χ0n) is 15.7. The molecule has 5 heteroatoms. The molecule has 1 aromatic carbocycles. The van der Waals surface area contributed by atoms with Crippen LogP contribution in [0.4, 0.5) is 0 Å². The number of amides is 2. The quantitative estimate of drug-likeness (QED) is 0.830. The summed E-state index contributed by atoms with van der Waals surface area (Å²) in [5, 5.41) is 12.3. The number of carbonyl (C=O) groups is 2. The second kappa shape index (κ2) is 8.00. The first kappa shape index (κ1) is 19.4. The Hall–Kier alpha value is -1.88. The van der Waals surface area contributed by atoms with Gasteiger partial charge in [-0.3, -0.25) is 9.59 Å². The number of benzene rings is 1. The van der Waals surface area contributed by atoms with Gasteiger partial charge in [0.25, 0.3) is 0 Å². The van der Waals surface area contributed by atoms with E-state index in [9.17, 15) is 14.7 Å². The van der Waals surface area contributed by atoms with Crippen LogP contribution in [0.1, 0.15) is 44.7 Å². The highest BCUT2D eigenvalue weighted by Gasteiger charge is 2.36. The Kier molecular flexibility index (Phi) is 6.22. The van der Waals surface area contributed by atoms with Gasteiger partial charge >= 0.3 is 0 Å². The molecule has 2 unspecified atom stereocenters. The van der Waals surface area contributed by atoms with Crippen LogP contribution in [0.3, 0.4) is 0 Å². The van der Waals surface area contributed by atoms with Crippen molar-refractivity contribution in [3.05, 3.63) is 35.4 Å². The highest BCUT2D eigenvalue weighted by Crippen LogP contribution is 2.25. The van der Waals surface area contributed by atoms with Crippen LogP contribution in [0.15, 0.2) is 24.3 Å². The molecule has 1 saturated heterocycles. The second-order valence-electron chi connectivity index (χ2n) is 8.10. The lowest BCUT2D eigenvalue weighted by molar-refractivity contribution is -0.129. The van der Waals surface area contributed by atoms with E-state index in [-0.39, 0.29) is 42.2 Å². The predicted molar refractivity (Wildman–Crippen MR) is 97.8 cm³/mol. The van der Waals surface area contributed by atoms with Gasteiger partial charge in [0.05, 0.1) is 5.92 Å². The maximum absolute atomic E-state index is 12.6. The molecule has 1 heterocycles. The summed E-state index contributed by atoms with van der Waals surface area (Å²) >= 11 is 0. The fraction of sp³-hybridized carbons (Fsp3) is 0.600. The van der Waals surface area contributed by atoms with Gasteiger partial charge in [0.2, 0.25) is 11.8 Å². The smallest absolute Gasteiger partial charge is 0.225 e. The molecule has 2 amide bonds. The minimum Gasteiger partial charge on any atom is -0.396 e. The molecule has 2 N–H and O–H groups in total. The van der Waals surface area contributed by atoms with E-state index in [0.717, 1.165) is 5.56 Å². The summed E-state index contributed by atoms with van der Waals surface area (Å²) in [5.74, 6) is -0.384. The highest BCUT2D eigenvalue weighted by atomic mass is 16.3. The summed E-state index contributed by atoms with van der Waals surface area (Å²) < 4.78 is 0. The number of carbonyl (C=O) groups excluding carboxylic acids is 2. The lowest BCUT2D eigenvalue weighted by Gasteiger charge is -2.32. The van der Waals surface area contributed by atoms with Gasteiger partial charge in [0.15, 0.2) is 0 Å². The van der Waals surface area contributed by atoms with Crippen LogP contribution in [0.2, 0.25) is 0 Å². The second-order valence-corrected chi connectivity index (χ2v) is 8.10. The monoisotopic (exact) mass is 346 g/mol. The zero-order chi connectivity index (χ0) is 18.6. The number of hydrogen-bond donors (Lipinski definition) is 2. The van der Waals surface area contributed by atoms with Crippen molar-refractivity contribution in [2.75, 3.05) is 13.2 Å². The Labute approximate surface area is 150 Å². The van der Waals surface area contributed by atoms with Crippen molar-refractivity contribution in [3.8, 4) is 0 Å². The van der Waals surface area contributed by atoms with Crippen molar-refractivity contribution in [1.29, 1.82) is 0 Å². The first-order chi connectivity index (χ1) is 11.7. The van der Waals surface area contributed by atoms with Gasteiger partial charge < -0.3 is 15.3 Å². The van der Waals surface area contributed by atoms with Crippen molar-refractivity contribution in [2.45, 2.75) is 53.1 Å². The molecule has 0 aromatic heterocycles. The van der Waals surface area contributed by atoms with Crippen LogP contribution in [0.25, 0.3) is 0 Å². The van der Waals surface area contributed by atoms with Gasteiger partial charge in [0.1, 0.15) is 0 Å². The molecule has 0 saturated carbocycles. The summed E-state index contributed by atoms with van der Waals surface area (Å²) in [5.41, 5.74) is 2.13. The summed E-state index contributed by atoms with van der Waals surface area (Å²) in [4.78, 5) is 26.6. The largest absolute Gasteiger partial charge is 0.396 e. The fourth-order valence-corrected chi connectivity index (χ4v) is 3.15. The molecule has 1 aromatic rings. The van der Waals surface area contributed by atoms with Crippen molar-refractivity contribution >= 4 is 11.8 Å². The SMILES string of the molecule is Cc1ccc(CN2CC(C(=O)NC(CCO)C(C)(C)C)CC2=O)cc1. The highest BCUT2D eigenvalue weighted by molar-refractivity contribution is 5.89. The summed E-state index contributed by atoms with van der Waals surface area (Å²) in [7, 11) is 0. The van der Waals surface area contributed by atoms with Gasteiger partial charge in [-0.25, -0.2) is 0 Å². The molecule has 25 heavy (non-hydrogen) atoms. The molecule has 0 aliphatic carbocycles. The number of nitrogens with zero attached hydrogens (tertiary/aromatic N) is 1. The zero-order valence-corrected chi connectivity index (χ0v) is 15.7. The molecule has 2 atom stereocenters. The van der Waals surface area contributed by atoms with Crippen LogP contribution in [-0.4, -0.2) is 41.0 Å². The average molecular weight is 346 g/mol. The minimum atomic E-state index is -0.318. The van der Waals surface area contributed by atoms with E-state index in [1.54, 1.807) is 4.90 Å². The van der Waals surface area contributed by atoms with Crippen LogP contribution in [0, 0.1) is 18.3 Å². The van der Waals surface area contributed by atoms with Gasteiger partial charge in [-0.15, -0.1) is 0 Å². The molecule has 138 valence electrons. The standard InChI is InChI=1S/C20H30N2O3/c1-14-5-7-15(8-6-14)12-22-13-16(11-18(22)24)19(25)21-17(9-10-23)20(2,3)4/h5-8,16-17,23H,9-13H2,1-4H3,(H,21,25). The average Bonchev–Trinajstić information content (AvgIpc) is 2.89. The third-order valence-corrected chi connectivity index (χ3v) is 4.86. The van der Waals surface area contributed by atoms with Crippen molar-refractivity contribution in [3.63, 3.8) is 0 Å². The van der Waals surface area contributed by atoms with Crippen LogP contribution in [0.5, 0.6) is 0 Å². The first-order valence-corrected chi connectivity index (χ1v) is 8.95. The third-order valence-electron chi connectivity index (χ3n) is 4.86. The number of aliphatic hydroxyl groups is 1. The van der Waals surface area contributed by atoms with Crippen LogP contribution >= 0.6 is 0 Å². The Balaban J connectivity index is 1.96. The molecule has 1 aliphatic rings. The van der Waals surface area contributed by atoms with Gasteiger partial charge in [-0.2, -0.15) is 0 Å². The molecule has 5 nitrogen and oxygen atoms in total. The molecule has 0 spiro atoms. The third kappa shape index (κ3) is 5.30. The molecule has 0 bridgehead atoms. The molecule has 1 fully saturated rings. The van der Waals surface area contributed by atoms with E-state index in [0.29, 0.717) is 19.5 Å².